The summed E-state index contributed by atoms with van der Waals surface area (Å²) in [5.74, 6) is 0. The van der Waals surface area contributed by atoms with Crippen LogP contribution in [0.1, 0.15) is 20.8 Å². The predicted octanol–water partition coefficient (Wildman–Crippen LogP) is 2.75. The third kappa shape index (κ3) is 18.9. The average Bonchev–Trinajstić information content (AvgIpc) is 1.88. The maximum absolute atomic E-state index is 4.61. The van der Waals surface area contributed by atoms with Crippen LogP contribution in [0.5, 0.6) is 0 Å². The van der Waals surface area contributed by atoms with E-state index in [4.69, 9.17) is 0 Å². The summed E-state index contributed by atoms with van der Waals surface area (Å²) in [7, 11) is 1.61. The van der Waals surface area contributed by atoms with Crippen molar-refractivity contribution in [2.45, 2.75) is 20.8 Å². The molecular weight excluding hydrogens is 112 g/mol. The number of rotatable bonds is 2. The first-order chi connectivity index (χ1) is 4.27. The summed E-state index contributed by atoms with van der Waals surface area (Å²) < 4.78 is 4.61. The van der Waals surface area contributed by atoms with E-state index in [9.17, 15) is 0 Å². The first-order valence-electron chi connectivity index (χ1n) is 3.12. The molecule has 9 heavy (non-hydrogen) atoms. The minimum Gasteiger partial charge on any atom is -0.504 e. The van der Waals surface area contributed by atoms with Gasteiger partial charge in [-0.1, -0.05) is 26.0 Å². The van der Waals surface area contributed by atoms with Gasteiger partial charge in [0.1, 0.15) is 0 Å². The smallest absolute Gasteiger partial charge is 0.0827 e. The lowest BCUT2D eigenvalue weighted by Gasteiger charge is -1.83. The van der Waals surface area contributed by atoms with E-state index in [1.807, 2.05) is 20.8 Å². The molecule has 0 aromatic carbocycles. The molecule has 0 aliphatic rings. The maximum Gasteiger partial charge on any atom is 0.0827 e. The van der Waals surface area contributed by atoms with E-state index in [0.717, 1.165) is 5.57 Å². The summed E-state index contributed by atoms with van der Waals surface area (Å²) >= 11 is 0. The molecule has 0 amide bonds. The molecule has 0 saturated carbocycles. The summed E-state index contributed by atoms with van der Waals surface area (Å²) in [4.78, 5) is 0. The molecule has 0 aliphatic heterocycles. The fourth-order valence-corrected chi connectivity index (χ4v) is 0.184. The standard InChI is InChI=1S/C6H10O.C2H6/c1-6(2)4-5-7-3;1-2/h4-5H,1H2,2-3H3;1-2H3/b5-4-;. The second-order valence-electron chi connectivity index (χ2n) is 1.38. The van der Waals surface area contributed by atoms with Crippen molar-refractivity contribution in [1.82, 2.24) is 0 Å². The molecule has 0 aromatic rings. The number of hydrogen-bond donors (Lipinski definition) is 0. The average molecular weight is 128 g/mol. The Morgan fingerprint density at radius 2 is 1.89 bits per heavy atom. The molecule has 0 radical (unpaired) electrons. The van der Waals surface area contributed by atoms with Crippen molar-refractivity contribution in [2.75, 3.05) is 7.11 Å². The lowest BCUT2D eigenvalue weighted by atomic mass is 10.4. The molecule has 0 bridgehead atoms. The van der Waals surface area contributed by atoms with Gasteiger partial charge in [-0.05, 0) is 13.0 Å². The Hall–Kier alpha value is -0.720. The van der Waals surface area contributed by atoms with Crippen LogP contribution in [0, 0.1) is 0 Å². The van der Waals surface area contributed by atoms with Crippen LogP contribution < -0.4 is 0 Å². The third-order valence-electron chi connectivity index (χ3n) is 0.489. The zero-order valence-electron chi connectivity index (χ0n) is 6.77. The highest BCUT2D eigenvalue weighted by molar-refractivity contribution is 5.08. The first-order valence-corrected chi connectivity index (χ1v) is 3.12. The summed E-state index contributed by atoms with van der Waals surface area (Å²) in [5.41, 5.74) is 1.00. The molecule has 0 fully saturated rings. The molecule has 0 heterocycles. The van der Waals surface area contributed by atoms with Gasteiger partial charge in [0.25, 0.3) is 0 Å². The van der Waals surface area contributed by atoms with Crippen LogP contribution in [0.3, 0.4) is 0 Å². The highest BCUT2D eigenvalue weighted by atomic mass is 16.5. The van der Waals surface area contributed by atoms with E-state index in [1.165, 1.54) is 0 Å². The van der Waals surface area contributed by atoms with Crippen LogP contribution in [-0.4, -0.2) is 7.11 Å². The lowest BCUT2D eigenvalue weighted by Crippen LogP contribution is -1.64. The fraction of sp³-hybridized carbons (Fsp3) is 0.500. The number of methoxy groups -OCH3 is 1. The molecule has 0 atom stereocenters. The normalized spacial score (nSPS) is 8.00. The van der Waals surface area contributed by atoms with Crippen molar-refractivity contribution in [3.8, 4) is 0 Å². The van der Waals surface area contributed by atoms with Crippen molar-refractivity contribution in [1.29, 1.82) is 0 Å². The fourth-order valence-electron chi connectivity index (χ4n) is 0.184. The Morgan fingerprint density at radius 3 is 2.00 bits per heavy atom. The Labute approximate surface area is 58.0 Å². The van der Waals surface area contributed by atoms with Crippen LogP contribution in [0.25, 0.3) is 0 Å². The van der Waals surface area contributed by atoms with Crippen LogP contribution >= 0.6 is 0 Å². The van der Waals surface area contributed by atoms with Gasteiger partial charge in [0.15, 0.2) is 0 Å². The highest BCUT2D eigenvalue weighted by Crippen LogP contribution is 1.86. The van der Waals surface area contributed by atoms with Gasteiger partial charge >= 0.3 is 0 Å². The van der Waals surface area contributed by atoms with Crippen molar-refractivity contribution in [2.24, 2.45) is 0 Å². The quantitative estimate of drug-likeness (QED) is 0.410. The van der Waals surface area contributed by atoms with E-state index in [1.54, 1.807) is 19.4 Å². The molecule has 1 nitrogen and oxygen atoms in total. The number of ether oxygens (including phenoxy) is 1. The summed E-state index contributed by atoms with van der Waals surface area (Å²) in [6, 6.07) is 0. The van der Waals surface area contributed by atoms with Gasteiger partial charge < -0.3 is 4.74 Å². The minimum atomic E-state index is 1.00. The van der Waals surface area contributed by atoms with Crippen molar-refractivity contribution < 1.29 is 4.74 Å². The molecule has 0 aromatic heterocycles. The van der Waals surface area contributed by atoms with Gasteiger partial charge in [-0.25, -0.2) is 0 Å². The number of hydrogen-bond acceptors (Lipinski definition) is 1. The van der Waals surface area contributed by atoms with Gasteiger partial charge in [-0.3, -0.25) is 0 Å². The zero-order chi connectivity index (χ0) is 7.70. The molecule has 0 unspecified atom stereocenters. The SMILES string of the molecule is C=C(C)/C=C\OC.CC. The van der Waals surface area contributed by atoms with Crippen LogP contribution in [0.15, 0.2) is 24.5 Å². The topological polar surface area (TPSA) is 9.23 Å². The third-order valence-corrected chi connectivity index (χ3v) is 0.489. The molecule has 0 rings (SSSR count). The summed E-state index contributed by atoms with van der Waals surface area (Å²) in [6.07, 6.45) is 3.41. The van der Waals surface area contributed by atoms with Gasteiger partial charge in [0.2, 0.25) is 0 Å². The Kier molecular flexibility index (Phi) is 12.7. The number of allylic oxidation sites excluding steroid dienone is 2. The van der Waals surface area contributed by atoms with E-state index >= 15 is 0 Å². The van der Waals surface area contributed by atoms with Crippen molar-refractivity contribution in [3.05, 3.63) is 24.5 Å². The molecule has 54 valence electrons. The van der Waals surface area contributed by atoms with Gasteiger partial charge in [-0.15, -0.1) is 0 Å². The van der Waals surface area contributed by atoms with Gasteiger partial charge in [0.05, 0.1) is 13.4 Å². The highest BCUT2D eigenvalue weighted by Gasteiger charge is 1.67. The molecule has 0 spiro atoms. The van der Waals surface area contributed by atoms with Crippen LogP contribution in [0.4, 0.5) is 0 Å². The van der Waals surface area contributed by atoms with E-state index in [2.05, 4.69) is 11.3 Å². The second kappa shape index (κ2) is 10.3. The monoisotopic (exact) mass is 128 g/mol. The van der Waals surface area contributed by atoms with E-state index in [0.29, 0.717) is 0 Å². The van der Waals surface area contributed by atoms with Gasteiger partial charge in [0, 0.05) is 0 Å². The molecule has 0 N–H and O–H groups in total. The Bertz CT molecular complexity index is 82.6. The first kappa shape index (κ1) is 11.1. The van der Waals surface area contributed by atoms with Crippen LogP contribution in [0.2, 0.25) is 0 Å². The Balaban J connectivity index is 0. The predicted molar refractivity (Wildman–Crippen MR) is 42.3 cm³/mol. The van der Waals surface area contributed by atoms with E-state index in [-0.39, 0.29) is 0 Å². The molecule has 0 aliphatic carbocycles. The van der Waals surface area contributed by atoms with Crippen molar-refractivity contribution in [3.63, 3.8) is 0 Å². The molecular formula is C8H16O. The lowest BCUT2D eigenvalue weighted by molar-refractivity contribution is 0.338. The van der Waals surface area contributed by atoms with Crippen molar-refractivity contribution >= 4 is 0 Å². The zero-order valence-corrected chi connectivity index (χ0v) is 6.77. The summed E-state index contributed by atoms with van der Waals surface area (Å²) in [6.45, 7) is 9.54. The minimum absolute atomic E-state index is 1.00. The van der Waals surface area contributed by atoms with E-state index < -0.39 is 0 Å². The maximum atomic E-state index is 4.61. The summed E-state index contributed by atoms with van der Waals surface area (Å²) in [5, 5.41) is 0. The largest absolute Gasteiger partial charge is 0.504 e. The second-order valence-corrected chi connectivity index (χ2v) is 1.38. The van der Waals surface area contributed by atoms with Gasteiger partial charge in [-0.2, -0.15) is 0 Å². The Morgan fingerprint density at radius 1 is 1.44 bits per heavy atom. The molecule has 1 heteroatoms. The van der Waals surface area contributed by atoms with Crippen LogP contribution in [-0.2, 0) is 4.74 Å². The molecule has 0 saturated heterocycles.